The van der Waals surface area contributed by atoms with Gasteiger partial charge in [-0.3, -0.25) is 0 Å². The summed E-state index contributed by atoms with van der Waals surface area (Å²) in [7, 11) is -2.01. The highest BCUT2D eigenvalue weighted by Crippen LogP contribution is 2.22. The summed E-state index contributed by atoms with van der Waals surface area (Å²) in [5, 5.41) is 0. The average molecular weight is 257 g/mol. The lowest BCUT2D eigenvalue weighted by atomic mass is 10.1. The molecule has 0 aliphatic carbocycles. The van der Waals surface area contributed by atoms with Crippen molar-refractivity contribution in [1.82, 2.24) is 4.72 Å². The van der Waals surface area contributed by atoms with E-state index in [9.17, 15) is 8.42 Å². The van der Waals surface area contributed by atoms with Crippen LogP contribution in [0.25, 0.3) is 0 Å². The largest absolute Gasteiger partial charge is 0.495 e. The first-order valence-corrected chi connectivity index (χ1v) is 7.08. The van der Waals surface area contributed by atoms with Crippen LogP contribution in [0.2, 0.25) is 0 Å². The standard InChI is InChI=1S/C12H19NO3S/c1-10(2)8-9-13-17(14,15)12-7-5-4-6-11(12)16-3/h4-7,10,13H,8-9H2,1-3H3. The third-order valence-corrected chi connectivity index (χ3v) is 3.87. The van der Waals surface area contributed by atoms with E-state index in [1.807, 2.05) is 0 Å². The minimum absolute atomic E-state index is 0.186. The molecule has 1 aromatic rings. The fraction of sp³-hybridized carbons (Fsp3) is 0.500. The Kier molecular flexibility index (Phi) is 4.96. The molecule has 0 heterocycles. The Hall–Kier alpha value is -1.07. The lowest BCUT2D eigenvalue weighted by molar-refractivity contribution is 0.402. The summed E-state index contributed by atoms with van der Waals surface area (Å²) in [6.45, 7) is 4.55. The Labute approximate surface area is 103 Å². The van der Waals surface area contributed by atoms with Gasteiger partial charge in [0, 0.05) is 6.54 Å². The fourth-order valence-corrected chi connectivity index (χ4v) is 2.62. The van der Waals surface area contributed by atoms with Gasteiger partial charge in [0.05, 0.1) is 7.11 Å². The number of rotatable bonds is 6. The average Bonchev–Trinajstić information content (AvgIpc) is 2.28. The van der Waals surface area contributed by atoms with E-state index in [1.54, 1.807) is 18.2 Å². The molecule has 4 nitrogen and oxygen atoms in total. The normalized spacial score (nSPS) is 11.8. The van der Waals surface area contributed by atoms with E-state index in [-0.39, 0.29) is 4.90 Å². The van der Waals surface area contributed by atoms with Gasteiger partial charge >= 0.3 is 0 Å². The molecule has 0 fully saturated rings. The summed E-state index contributed by atoms with van der Waals surface area (Å²) in [6, 6.07) is 6.60. The lowest BCUT2D eigenvalue weighted by Crippen LogP contribution is -2.26. The van der Waals surface area contributed by atoms with Crippen LogP contribution in [0, 0.1) is 5.92 Å². The summed E-state index contributed by atoms with van der Waals surface area (Å²) in [5.74, 6) is 0.833. The van der Waals surface area contributed by atoms with Crippen molar-refractivity contribution < 1.29 is 13.2 Å². The van der Waals surface area contributed by atoms with Crippen LogP contribution in [0.4, 0.5) is 0 Å². The lowest BCUT2D eigenvalue weighted by Gasteiger charge is -2.11. The zero-order chi connectivity index (χ0) is 12.9. The van der Waals surface area contributed by atoms with E-state index >= 15 is 0 Å². The van der Waals surface area contributed by atoms with Crippen molar-refractivity contribution in [3.8, 4) is 5.75 Å². The Morgan fingerprint density at radius 1 is 1.29 bits per heavy atom. The summed E-state index contributed by atoms with van der Waals surface area (Å²) in [5.41, 5.74) is 0. The second-order valence-electron chi connectivity index (χ2n) is 4.23. The molecule has 1 N–H and O–H groups in total. The van der Waals surface area contributed by atoms with Crippen molar-refractivity contribution in [2.45, 2.75) is 25.2 Å². The molecule has 96 valence electrons. The number of para-hydroxylation sites is 1. The number of methoxy groups -OCH3 is 1. The molecule has 0 radical (unpaired) electrons. The van der Waals surface area contributed by atoms with Crippen molar-refractivity contribution in [2.75, 3.05) is 13.7 Å². The molecule has 0 unspecified atom stereocenters. The number of nitrogens with one attached hydrogen (secondary N) is 1. The molecule has 0 spiro atoms. The summed E-state index contributed by atoms with van der Waals surface area (Å²) in [6.07, 6.45) is 0.814. The molecule has 0 saturated carbocycles. The van der Waals surface area contributed by atoms with E-state index in [0.29, 0.717) is 18.2 Å². The van der Waals surface area contributed by atoms with Crippen molar-refractivity contribution in [3.63, 3.8) is 0 Å². The fourth-order valence-electron chi connectivity index (χ4n) is 1.40. The van der Waals surface area contributed by atoms with Gasteiger partial charge in [0.2, 0.25) is 10.0 Å². The minimum Gasteiger partial charge on any atom is -0.495 e. The highest BCUT2D eigenvalue weighted by atomic mass is 32.2. The first-order chi connectivity index (χ1) is 7.97. The number of sulfonamides is 1. The minimum atomic E-state index is -3.47. The molecule has 1 aromatic carbocycles. The first-order valence-electron chi connectivity index (χ1n) is 5.60. The van der Waals surface area contributed by atoms with Gasteiger partial charge in [-0.1, -0.05) is 26.0 Å². The Morgan fingerprint density at radius 2 is 1.94 bits per heavy atom. The maximum atomic E-state index is 12.0. The highest BCUT2D eigenvalue weighted by molar-refractivity contribution is 7.89. The van der Waals surface area contributed by atoms with Gasteiger partial charge in [0.15, 0.2) is 0 Å². The molecule has 0 amide bonds. The van der Waals surface area contributed by atoms with Crippen LogP contribution in [-0.4, -0.2) is 22.1 Å². The van der Waals surface area contributed by atoms with Crippen LogP contribution in [0.15, 0.2) is 29.2 Å². The molecule has 0 aliphatic heterocycles. The van der Waals surface area contributed by atoms with E-state index in [2.05, 4.69) is 18.6 Å². The third kappa shape index (κ3) is 4.02. The molecule has 0 saturated heterocycles. The number of ether oxygens (including phenoxy) is 1. The Morgan fingerprint density at radius 3 is 2.53 bits per heavy atom. The maximum absolute atomic E-state index is 12.0. The number of benzene rings is 1. The van der Waals surface area contributed by atoms with Crippen molar-refractivity contribution >= 4 is 10.0 Å². The van der Waals surface area contributed by atoms with Crippen LogP contribution < -0.4 is 9.46 Å². The zero-order valence-corrected chi connectivity index (χ0v) is 11.3. The zero-order valence-electron chi connectivity index (χ0n) is 10.4. The third-order valence-electron chi connectivity index (χ3n) is 2.37. The van der Waals surface area contributed by atoms with E-state index in [0.717, 1.165) is 6.42 Å². The summed E-state index contributed by atoms with van der Waals surface area (Å²) in [4.78, 5) is 0.186. The Balaban J connectivity index is 2.82. The smallest absolute Gasteiger partial charge is 0.244 e. The van der Waals surface area contributed by atoms with Crippen LogP contribution in [0.1, 0.15) is 20.3 Å². The predicted molar refractivity (Wildman–Crippen MR) is 67.6 cm³/mol. The monoisotopic (exact) mass is 257 g/mol. The molecule has 0 aromatic heterocycles. The van der Waals surface area contributed by atoms with Gasteiger partial charge in [-0.05, 0) is 24.5 Å². The predicted octanol–water partition coefficient (Wildman–Crippen LogP) is 2.02. The number of hydrogen-bond donors (Lipinski definition) is 1. The second-order valence-corrected chi connectivity index (χ2v) is 5.97. The molecule has 0 bridgehead atoms. The quantitative estimate of drug-likeness (QED) is 0.848. The first kappa shape index (κ1) is 14.0. The van der Waals surface area contributed by atoms with Crippen molar-refractivity contribution in [1.29, 1.82) is 0 Å². The Bertz CT molecular complexity index is 455. The molecule has 1 rings (SSSR count). The van der Waals surface area contributed by atoms with Gasteiger partial charge in [-0.2, -0.15) is 0 Å². The van der Waals surface area contributed by atoms with Crippen LogP contribution in [0.5, 0.6) is 5.75 Å². The van der Waals surface area contributed by atoms with Gasteiger partial charge in [-0.25, -0.2) is 13.1 Å². The van der Waals surface area contributed by atoms with Crippen molar-refractivity contribution in [2.24, 2.45) is 5.92 Å². The van der Waals surface area contributed by atoms with Crippen molar-refractivity contribution in [3.05, 3.63) is 24.3 Å². The van der Waals surface area contributed by atoms with Crippen LogP contribution >= 0.6 is 0 Å². The van der Waals surface area contributed by atoms with Crippen LogP contribution in [-0.2, 0) is 10.0 Å². The molecule has 0 aliphatic rings. The van der Waals surface area contributed by atoms with Gasteiger partial charge in [0.1, 0.15) is 10.6 Å². The summed E-state index contributed by atoms with van der Waals surface area (Å²) < 4.78 is 31.6. The van der Waals surface area contributed by atoms with E-state index < -0.39 is 10.0 Å². The second kappa shape index (κ2) is 6.02. The van der Waals surface area contributed by atoms with E-state index in [1.165, 1.54) is 13.2 Å². The molecule has 0 atom stereocenters. The SMILES string of the molecule is COc1ccccc1S(=O)(=O)NCCC(C)C. The highest BCUT2D eigenvalue weighted by Gasteiger charge is 2.18. The molecule has 17 heavy (non-hydrogen) atoms. The molecule has 5 heteroatoms. The van der Waals surface area contributed by atoms with Gasteiger partial charge in [-0.15, -0.1) is 0 Å². The molecular formula is C12H19NO3S. The summed E-state index contributed by atoms with van der Waals surface area (Å²) >= 11 is 0. The molecular weight excluding hydrogens is 238 g/mol. The van der Waals surface area contributed by atoms with Gasteiger partial charge < -0.3 is 4.74 Å². The topological polar surface area (TPSA) is 55.4 Å². The number of hydrogen-bond acceptors (Lipinski definition) is 3. The maximum Gasteiger partial charge on any atom is 0.244 e. The van der Waals surface area contributed by atoms with Gasteiger partial charge in [0.25, 0.3) is 0 Å². The van der Waals surface area contributed by atoms with E-state index in [4.69, 9.17) is 4.74 Å². The van der Waals surface area contributed by atoms with Crippen LogP contribution in [0.3, 0.4) is 0 Å².